The number of nitrogens with zero attached hydrogens (tertiary/aromatic N) is 4. The first-order valence-electron chi connectivity index (χ1n) is 15.5. The average Bonchev–Trinajstić information content (AvgIpc) is 3.77. The van der Waals surface area contributed by atoms with Gasteiger partial charge in [-0.3, -0.25) is 4.99 Å². The zero-order valence-corrected chi connectivity index (χ0v) is 27.7. The molecule has 0 spiro atoms. The Morgan fingerprint density at radius 3 is 2.18 bits per heavy atom. The number of allylic oxidation sites excluding steroid dienone is 11. The summed E-state index contributed by atoms with van der Waals surface area (Å²) in [5, 5.41) is 0. The summed E-state index contributed by atoms with van der Waals surface area (Å²) in [6, 6.07) is 17.1. The molecule has 0 aromatic heterocycles. The van der Waals surface area contributed by atoms with Crippen molar-refractivity contribution in [1.29, 1.82) is 0 Å². The molecule has 0 saturated carbocycles. The normalized spacial score (nSPS) is 19.6. The Balaban J connectivity index is 1.37. The van der Waals surface area contributed by atoms with Gasteiger partial charge in [-0.05, 0) is 78.8 Å². The maximum atomic E-state index is 5.11. The van der Waals surface area contributed by atoms with Crippen LogP contribution in [0.25, 0.3) is 11.1 Å². The van der Waals surface area contributed by atoms with E-state index in [1.807, 2.05) is 0 Å². The first-order chi connectivity index (χ1) is 21.5. The summed E-state index contributed by atoms with van der Waals surface area (Å²) < 4.78 is 0. The molecule has 7 rings (SSSR count). The molecule has 5 heterocycles. The lowest BCUT2D eigenvalue weighted by Gasteiger charge is -2.17. The Hall–Kier alpha value is -4.92. The minimum atomic E-state index is -1.45. The van der Waals surface area contributed by atoms with Gasteiger partial charge in [-0.1, -0.05) is 81.4 Å². The van der Waals surface area contributed by atoms with Crippen molar-refractivity contribution in [3.63, 3.8) is 0 Å². The Morgan fingerprint density at radius 1 is 0.689 bits per heavy atom. The van der Waals surface area contributed by atoms with Crippen LogP contribution >= 0.6 is 0 Å². The lowest BCUT2D eigenvalue weighted by Crippen LogP contribution is -2.16. The van der Waals surface area contributed by atoms with E-state index in [-0.39, 0.29) is 5.41 Å². The van der Waals surface area contributed by atoms with E-state index in [1.165, 1.54) is 5.56 Å². The number of fused-ring (bicyclic) bond motifs is 4. The summed E-state index contributed by atoms with van der Waals surface area (Å²) in [4.78, 5) is 20.4. The molecule has 0 N–H and O–H groups in total. The number of aliphatic imine (C=N–C) groups is 4. The van der Waals surface area contributed by atoms with Crippen LogP contribution in [0.5, 0.6) is 0 Å². The molecule has 5 aliphatic rings. The third-order valence-electron chi connectivity index (χ3n) is 8.24. The van der Waals surface area contributed by atoms with E-state index in [4.69, 9.17) is 20.0 Å². The third-order valence-corrected chi connectivity index (χ3v) is 9.11. The minimum absolute atomic E-state index is 0.110. The Bertz CT molecular complexity index is 2050. The third kappa shape index (κ3) is 6.07. The molecule has 45 heavy (non-hydrogen) atoms. The minimum Gasteiger partial charge on any atom is -0.257 e. The molecule has 0 atom stereocenters. The van der Waals surface area contributed by atoms with Crippen molar-refractivity contribution in [1.82, 2.24) is 0 Å². The van der Waals surface area contributed by atoms with Crippen LogP contribution in [0.15, 0.2) is 140 Å². The fourth-order valence-electron chi connectivity index (χ4n) is 5.85. The molecule has 8 bridgehead atoms. The molecule has 5 heteroatoms. The largest absolute Gasteiger partial charge is 0.257 e. The highest BCUT2D eigenvalue weighted by atomic mass is 28.3. The summed E-state index contributed by atoms with van der Waals surface area (Å²) in [6.45, 7) is 13.4. The van der Waals surface area contributed by atoms with Crippen LogP contribution in [-0.2, 0) is 0 Å². The Labute approximate surface area is 267 Å². The van der Waals surface area contributed by atoms with Crippen molar-refractivity contribution in [2.45, 2.75) is 46.8 Å². The van der Waals surface area contributed by atoms with Crippen molar-refractivity contribution in [2.24, 2.45) is 25.4 Å². The second kappa shape index (κ2) is 10.9. The van der Waals surface area contributed by atoms with Crippen LogP contribution < -0.4 is 0 Å². The monoisotopic (exact) mass is 600 g/mol. The maximum Gasteiger partial charge on any atom is 0.129 e. The van der Waals surface area contributed by atoms with Crippen LogP contribution in [-0.4, -0.2) is 30.9 Å². The topological polar surface area (TPSA) is 49.4 Å². The standard InChI is InChI=1S/C40H36N4Si/c1-26-7-11-29(12-8-26)39-35-17-15-30(41-35)23-37-34(28-13-9-27(10-14-28)19-20-45(4,5)6)22-32(43-37)21-33-25-40(2,3)38(44-33)24-31-16-18-36(39)42-31/h7-18,21-24H,25H2,1-6H3. The van der Waals surface area contributed by atoms with Crippen molar-refractivity contribution in [3.05, 3.63) is 142 Å². The van der Waals surface area contributed by atoms with Gasteiger partial charge in [0.1, 0.15) is 8.07 Å². The molecular formula is C40H36N4Si. The van der Waals surface area contributed by atoms with Crippen LogP contribution in [0, 0.1) is 23.8 Å². The van der Waals surface area contributed by atoms with Gasteiger partial charge in [0.25, 0.3) is 0 Å². The fourth-order valence-corrected chi connectivity index (χ4v) is 6.37. The molecule has 0 radical (unpaired) electrons. The lowest BCUT2D eigenvalue weighted by atomic mass is 9.86. The molecule has 4 nitrogen and oxygen atoms in total. The maximum absolute atomic E-state index is 5.11. The van der Waals surface area contributed by atoms with Gasteiger partial charge in [-0.25, -0.2) is 15.0 Å². The summed E-state index contributed by atoms with van der Waals surface area (Å²) in [6.07, 6.45) is 17.7. The molecule has 0 unspecified atom stereocenters. The fraction of sp³-hybridized carbons (Fsp3) is 0.200. The van der Waals surface area contributed by atoms with Crippen LogP contribution in [0.2, 0.25) is 19.6 Å². The highest BCUT2D eigenvalue weighted by Crippen LogP contribution is 2.40. The SMILES string of the molecule is Cc1ccc(C2=C3C=CC(=N3)C=C3N=C(C=C4C=C(c5ccc(C#C[Si](C)(C)C)cc5)C(=N4)C=C4C=CC2=N4)CC3(C)C)cc1. The summed E-state index contributed by atoms with van der Waals surface area (Å²) in [7, 11) is -1.45. The Morgan fingerprint density at radius 2 is 1.42 bits per heavy atom. The van der Waals surface area contributed by atoms with Gasteiger partial charge in [0, 0.05) is 40.0 Å². The quantitative estimate of drug-likeness (QED) is 0.244. The first-order valence-corrected chi connectivity index (χ1v) is 19.0. The van der Waals surface area contributed by atoms with Crippen LogP contribution in [0.1, 0.15) is 42.5 Å². The molecule has 0 aliphatic carbocycles. The van der Waals surface area contributed by atoms with E-state index < -0.39 is 8.07 Å². The molecular weight excluding hydrogens is 565 g/mol. The number of hydrogen-bond acceptors (Lipinski definition) is 4. The van der Waals surface area contributed by atoms with Gasteiger partial charge < -0.3 is 0 Å². The summed E-state index contributed by atoms with van der Waals surface area (Å²) in [5.41, 5.74) is 17.3. The van der Waals surface area contributed by atoms with E-state index in [0.717, 1.165) is 79.9 Å². The Kier molecular flexibility index (Phi) is 6.99. The van der Waals surface area contributed by atoms with Gasteiger partial charge >= 0.3 is 0 Å². The molecule has 5 aliphatic heterocycles. The van der Waals surface area contributed by atoms with Gasteiger partial charge in [-0.2, -0.15) is 0 Å². The number of hydrogen-bond donors (Lipinski definition) is 0. The molecule has 2 aromatic carbocycles. The lowest BCUT2D eigenvalue weighted by molar-refractivity contribution is 0.485. The average molecular weight is 601 g/mol. The van der Waals surface area contributed by atoms with Gasteiger partial charge in [0.2, 0.25) is 0 Å². The molecule has 0 fully saturated rings. The number of rotatable bonds is 2. The van der Waals surface area contributed by atoms with Gasteiger partial charge in [-0.15, -0.1) is 5.54 Å². The van der Waals surface area contributed by atoms with Crippen molar-refractivity contribution < 1.29 is 0 Å². The second-order valence-electron chi connectivity index (χ2n) is 13.8. The predicted molar refractivity (Wildman–Crippen MR) is 193 cm³/mol. The van der Waals surface area contributed by atoms with Crippen molar-refractivity contribution in [2.75, 3.05) is 0 Å². The van der Waals surface area contributed by atoms with E-state index in [9.17, 15) is 0 Å². The van der Waals surface area contributed by atoms with Crippen LogP contribution in [0.3, 0.4) is 0 Å². The van der Waals surface area contributed by atoms with E-state index in [2.05, 4.69) is 149 Å². The van der Waals surface area contributed by atoms with E-state index in [1.54, 1.807) is 0 Å². The molecule has 220 valence electrons. The summed E-state index contributed by atoms with van der Waals surface area (Å²) in [5.74, 6) is 3.37. The molecule has 0 saturated heterocycles. The first kappa shape index (κ1) is 28.8. The van der Waals surface area contributed by atoms with E-state index in [0.29, 0.717) is 0 Å². The number of aryl methyl sites for hydroxylation is 1. The number of benzene rings is 2. The highest BCUT2D eigenvalue weighted by molar-refractivity contribution is 6.83. The van der Waals surface area contributed by atoms with Crippen molar-refractivity contribution >= 4 is 42.1 Å². The smallest absolute Gasteiger partial charge is 0.129 e. The molecule has 2 aromatic rings. The zero-order chi connectivity index (χ0) is 31.3. The van der Waals surface area contributed by atoms with E-state index >= 15 is 0 Å². The van der Waals surface area contributed by atoms with Crippen molar-refractivity contribution in [3.8, 4) is 11.5 Å². The summed E-state index contributed by atoms with van der Waals surface area (Å²) >= 11 is 0. The van der Waals surface area contributed by atoms with Gasteiger partial charge in [0.05, 0.1) is 34.2 Å². The van der Waals surface area contributed by atoms with Crippen LogP contribution in [0.4, 0.5) is 0 Å². The second-order valence-corrected chi connectivity index (χ2v) is 18.5. The predicted octanol–water partition coefficient (Wildman–Crippen LogP) is 9.03. The zero-order valence-electron chi connectivity index (χ0n) is 26.7. The highest BCUT2D eigenvalue weighted by Gasteiger charge is 2.32. The van der Waals surface area contributed by atoms with Gasteiger partial charge in [0.15, 0.2) is 0 Å². The molecule has 0 amide bonds.